The summed E-state index contributed by atoms with van der Waals surface area (Å²) in [5, 5.41) is 11.8. The maximum atomic E-state index is 14.7. The topological polar surface area (TPSA) is 288 Å². The third-order valence-electron chi connectivity index (χ3n) is 18.3. The summed E-state index contributed by atoms with van der Waals surface area (Å²) in [6, 6.07) is 36.5. The maximum Gasteiger partial charge on any atom is 0.408 e. The van der Waals surface area contributed by atoms with Crippen LogP contribution >= 0.6 is 22.9 Å². The number of nitrogens with zero attached hydrogens (tertiary/aromatic N) is 6. The van der Waals surface area contributed by atoms with Crippen molar-refractivity contribution in [3.8, 4) is 74.2 Å². The Morgan fingerprint density at radius 1 is 0.798 bits per heavy atom. The van der Waals surface area contributed by atoms with E-state index in [0.717, 1.165) is 53.3 Å². The molecule has 0 bridgehead atoms. The van der Waals surface area contributed by atoms with Gasteiger partial charge in [0.05, 0.1) is 62.6 Å². The number of nitrogens with one attached hydrogen (secondary N) is 4. The molecule has 572 valence electrons. The van der Waals surface area contributed by atoms with Crippen LogP contribution in [-0.2, 0) is 61.4 Å². The Bertz CT molecular complexity index is 4700. The molecule has 1 fully saturated rings. The van der Waals surface area contributed by atoms with Gasteiger partial charge in [-0.1, -0.05) is 98.1 Å². The van der Waals surface area contributed by atoms with Crippen molar-refractivity contribution < 1.29 is 70.7 Å². The van der Waals surface area contributed by atoms with E-state index in [1.165, 1.54) is 29.8 Å². The van der Waals surface area contributed by atoms with Crippen molar-refractivity contribution in [2.45, 2.75) is 111 Å². The van der Waals surface area contributed by atoms with E-state index in [2.05, 4.69) is 44.1 Å². The summed E-state index contributed by atoms with van der Waals surface area (Å²) >= 11 is 8.74. The number of quaternary nitrogens is 1. The number of fused-ring (bicyclic) bond motifs is 1. The number of rotatable bonds is 34. The number of ether oxygens (including phenoxy) is 8. The van der Waals surface area contributed by atoms with Gasteiger partial charge in [0.2, 0.25) is 23.8 Å². The number of hydrogen-bond donors (Lipinski definition) is 5. The highest BCUT2D eigenvalue weighted by atomic mass is 35.5. The zero-order chi connectivity index (χ0) is 77.8. The first-order valence-corrected chi connectivity index (χ1v) is 37.0. The summed E-state index contributed by atoms with van der Waals surface area (Å²) < 4.78 is 63.7. The summed E-state index contributed by atoms with van der Waals surface area (Å²) in [5.74, 6) is 2.75. The van der Waals surface area contributed by atoms with E-state index in [0.29, 0.717) is 114 Å². The van der Waals surface area contributed by atoms with Gasteiger partial charge in [0.25, 0.3) is 0 Å². The molecule has 1 aliphatic heterocycles. The SMILES string of the molecule is C#CCOCc1cc(NC(=O)[C@H](CCCNC(N)=O)NC(=O)[C@@H](NC(=O)OC(C)(C)C)C(C)C)ccc1C[N+]1(C)CCN(CCOc2ccc(-c3c(-c4ccc(F)cc4)sc4ncnc(O[C@H](Cc5ccccc5OCc5ccnc(-c6ccccc6OC)n5)C(=O)OCc5ccc(OC)cc5)c34)c(C)c2Cl)CC1. The molecule has 0 radical (unpaired) electrons. The predicted octanol–water partition coefficient (Wildman–Crippen LogP) is 12.8. The highest BCUT2D eigenvalue weighted by Crippen LogP contribution is 2.50. The van der Waals surface area contributed by atoms with Gasteiger partial charge in [-0.15, -0.1) is 17.8 Å². The average molecular weight is 1530 g/mol. The Kier molecular flexibility index (Phi) is 27.9. The van der Waals surface area contributed by atoms with Crippen LogP contribution in [0.15, 0.2) is 146 Å². The summed E-state index contributed by atoms with van der Waals surface area (Å²) in [5.41, 5.74) is 12.2. The Hall–Kier alpha value is -11.0. The second kappa shape index (κ2) is 37.7. The molecule has 1 saturated heterocycles. The normalized spacial score (nSPS) is 13.6. The number of esters is 1. The van der Waals surface area contributed by atoms with Gasteiger partial charge in [-0.25, -0.2) is 38.7 Å². The van der Waals surface area contributed by atoms with Gasteiger partial charge in [-0.3, -0.25) is 14.5 Å². The molecule has 6 aromatic carbocycles. The number of amides is 5. The van der Waals surface area contributed by atoms with Crippen LogP contribution in [0.3, 0.4) is 0 Å². The van der Waals surface area contributed by atoms with Crippen LogP contribution in [0.1, 0.15) is 81.0 Å². The van der Waals surface area contributed by atoms with Gasteiger partial charge in [0.15, 0.2) is 5.82 Å². The number of anilines is 1. The molecule has 6 N–H and O–H groups in total. The molecular formula is C82H92ClFN11O13S+. The summed E-state index contributed by atoms with van der Waals surface area (Å²) in [6.07, 6.45) is 6.99. The molecule has 0 unspecified atom stereocenters. The van der Waals surface area contributed by atoms with Gasteiger partial charge in [-0.05, 0) is 147 Å². The molecule has 5 amide bonds. The zero-order valence-corrected chi connectivity index (χ0v) is 64.2. The van der Waals surface area contributed by atoms with E-state index in [1.807, 2.05) is 97.9 Å². The number of carbonyl (C=O) groups is 5. The predicted molar refractivity (Wildman–Crippen MR) is 416 cm³/mol. The van der Waals surface area contributed by atoms with E-state index < -0.39 is 59.5 Å². The van der Waals surface area contributed by atoms with Crippen molar-refractivity contribution in [1.82, 2.24) is 40.8 Å². The number of alkyl carbamates (subject to hydrolysis) is 1. The van der Waals surface area contributed by atoms with Crippen LogP contribution in [0.2, 0.25) is 5.02 Å². The Morgan fingerprint density at radius 2 is 1.54 bits per heavy atom. The van der Waals surface area contributed by atoms with Gasteiger partial charge >= 0.3 is 18.1 Å². The molecule has 10 rings (SSSR count). The largest absolute Gasteiger partial charge is 0.497 e. The lowest BCUT2D eigenvalue weighted by molar-refractivity contribution is -0.926. The average Bonchev–Trinajstić information content (AvgIpc) is 1.61. The van der Waals surface area contributed by atoms with Crippen LogP contribution in [0.4, 0.5) is 19.7 Å². The van der Waals surface area contributed by atoms with Gasteiger partial charge in [0.1, 0.15) is 90.6 Å². The van der Waals surface area contributed by atoms with Crippen molar-refractivity contribution in [2.75, 3.05) is 79.1 Å². The third-order valence-corrected chi connectivity index (χ3v) is 19.9. The quantitative estimate of drug-likeness (QED) is 0.0108. The lowest BCUT2D eigenvalue weighted by Crippen LogP contribution is -2.57. The molecule has 0 saturated carbocycles. The number of piperazine rings is 1. The van der Waals surface area contributed by atoms with Gasteiger partial charge in [0, 0.05) is 60.5 Å². The molecule has 0 spiro atoms. The molecule has 9 aromatic rings. The smallest absolute Gasteiger partial charge is 0.408 e. The first kappa shape index (κ1) is 80.6. The second-order valence-corrected chi connectivity index (χ2v) is 29.3. The molecule has 3 atom stereocenters. The summed E-state index contributed by atoms with van der Waals surface area (Å²) in [4.78, 5) is 89.3. The number of halogens is 2. The van der Waals surface area contributed by atoms with Crippen LogP contribution in [-0.4, -0.2) is 157 Å². The molecule has 3 aromatic heterocycles. The van der Waals surface area contributed by atoms with Crippen LogP contribution in [0.5, 0.6) is 28.9 Å². The third kappa shape index (κ3) is 22.1. The minimum absolute atomic E-state index is 0.0167. The first-order chi connectivity index (χ1) is 52.4. The molecular weight excluding hydrogens is 1430 g/mol. The van der Waals surface area contributed by atoms with E-state index in [4.69, 9.17) is 76.6 Å². The van der Waals surface area contributed by atoms with E-state index >= 15 is 0 Å². The lowest BCUT2D eigenvalue weighted by atomic mass is 9.96. The van der Waals surface area contributed by atoms with Crippen LogP contribution < -0.4 is 50.7 Å². The Labute approximate surface area is 643 Å². The number of para-hydroxylation sites is 2. The summed E-state index contributed by atoms with van der Waals surface area (Å²) in [7, 11) is 5.38. The number of hydrogen-bond acceptors (Lipinski definition) is 19. The van der Waals surface area contributed by atoms with Crippen molar-refractivity contribution in [2.24, 2.45) is 11.7 Å². The number of nitrogens with two attached hydrogens (primary N) is 1. The van der Waals surface area contributed by atoms with Gasteiger partial charge < -0.3 is 69.4 Å². The van der Waals surface area contributed by atoms with Crippen LogP contribution in [0, 0.1) is 31.0 Å². The molecule has 109 heavy (non-hydrogen) atoms. The summed E-state index contributed by atoms with van der Waals surface area (Å²) in [6.45, 7) is 15.7. The molecule has 1 aliphatic rings. The Balaban J connectivity index is 0.839. The van der Waals surface area contributed by atoms with Crippen molar-refractivity contribution in [3.05, 3.63) is 190 Å². The standard InChI is InChI=1S/C82H91ClFN11O13S/c1-11-42-103-48-57-44-59(91-75(96)64(19-16-35-87-80(85)99)92-76(97)72(51(2)3)93-81(100)108-82(5,6)7)29-26-56(57)46-95(8)40-37-94(38-41-95)39-43-104-67-33-32-62(52(4)71(67)83)69-70-77(88-50-89-78(70)109-73(69)54-24-27-58(84)28-25-54)107-68(79(98)106-47-53-22-30-61(101-9)31-23-53)45-55-17-12-14-20-65(55)105-49-60-34-36-86-74(90-60)63-18-13-15-21-66(63)102-10/h1,12-15,17-18,20-34,36,44,50-51,64,68,72H,16,19,35,37-43,45-49H2,2-10H3,(H5-,85,87,91,92,93,96,97,99,100)/p+1/t64-,68+,72-/m0/s1. The Morgan fingerprint density at radius 3 is 2.26 bits per heavy atom. The van der Waals surface area contributed by atoms with E-state index in [9.17, 15) is 28.4 Å². The van der Waals surface area contributed by atoms with Gasteiger partial charge in [-0.2, -0.15) is 0 Å². The van der Waals surface area contributed by atoms with E-state index in [1.54, 1.807) is 85.4 Å². The van der Waals surface area contributed by atoms with Crippen molar-refractivity contribution >= 4 is 68.7 Å². The van der Waals surface area contributed by atoms with Crippen LogP contribution in [0.25, 0.3) is 43.2 Å². The minimum Gasteiger partial charge on any atom is -0.497 e. The fraction of sp³-hybridized carbons (Fsp3) is 0.354. The number of likely N-dealkylation sites (N-methyl/N-ethyl adjacent to an activating group) is 1. The number of benzene rings is 6. The number of thiophene rings is 1. The highest BCUT2D eigenvalue weighted by Gasteiger charge is 2.34. The zero-order valence-electron chi connectivity index (χ0n) is 62.6. The monoisotopic (exact) mass is 1520 g/mol. The molecule has 0 aliphatic carbocycles. The maximum absolute atomic E-state index is 14.7. The van der Waals surface area contributed by atoms with Crippen molar-refractivity contribution in [3.63, 3.8) is 0 Å². The van der Waals surface area contributed by atoms with E-state index in [-0.39, 0.29) is 57.6 Å². The molecule has 24 nitrogen and oxygen atoms in total. The number of urea groups is 1. The van der Waals surface area contributed by atoms with Crippen molar-refractivity contribution in [1.29, 1.82) is 0 Å². The fourth-order valence-electron chi connectivity index (χ4n) is 12.5. The fourth-order valence-corrected chi connectivity index (χ4v) is 13.9. The minimum atomic E-state index is -1.29. The molecule has 27 heteroatoms. The molecule has 4 heterocycles. The number of aromatic nitrogens is 4. The highest BCUT2D eigenvalue weighted by molar-refractivity contribution is 7.22. The number of methoxy groups -OCH3 is 2. The number of primary amides is 1. The second-order valence-electron chi connectivity index (χ2n) is 27.9. The number of terminal acetylenes is 1. The first-order valence-electron chi connectivity index (χ1n) is 35.8. The number of carbonyl (C=O) groups excluding carboxylic acids is 5. The lowest BCUT2D eigenvalue weighted by Gasteiger charge is -2.42.